The molecule has 1 heterocycles. The maximum atomic E-state index is 13.7. The maximum Gasteiger partial charge on any atom is 0.339 e. The van der Waals surface area contributed by atoms with Crippen molar-refractivity contribution in [3.8, 4) is 0 Å². The summed E-state index contributed by atoms with van der Waals surface area (Å²) in [6.07, 6.45) is 0.719. The molecule has 1 N–H and O–H groups in total. The number of nitrogens with zero attached hydrogens (tertiary/aromatic N) is 1. The highest BCUT2D eigenvalue weighted by Gasteiger charge is 2.22. The molecule has 0 saturated carbocycles. The third kappa shape index (κ3) is 5.50. The number of halogens is 1. The number of aromatic nitrogens is 1. The van der Waals surface area contributed by atoms with Crippen molar-refractivity contribution < 1.29 is 18.7 Å². The fourth-order valence-corrected chi connectivity index (χ4v) is 2.85. The molecule has 0 fully saturated rings. The number of rotatable bonds is 5. The number of pyridine rings is 1. The van der Waals surface area contributed by atoms with Crippen LogP contribution in [0.25, 0.3) is 0 Å². The summed E-state index contributed by atoms with van der Waals surface area (Å²) in [5.74, 6) is -1.26. The van der Waals surface area contributed by atoms with E-state index in [9.17, 15) is 14.0 Å². The second-order valence-corrected chi connectivity index (χ2v) is 7.88. The lowest BCUT2D eigenvalue weighted by Gasteiger charge is -2.20. The SMILES string of the molecule is CC(C)(C)NC(=O)c1ccc(C(=O)OC(c2cccc(F)c2)c2ccccn2)cc1. The average Bonchev–Trinajstić information content (AvgIpc) is 2.71. The number of benzene rings is 2. The lowest BCUT2D eigenvalue weighted by molar-refractivity contribution is 0.0369. The van der Waals surface area contributed by atoms with Crippen LogP contribution in [0.1, 0.15) is 58.8 Å². The number of ether oxygens (including phenoxy) is 1. The minimum absolute atomic E-state index is 0.228. The molecule has 0 aliphatic rings. The first-order chi connectivity index (χ1) is 14.2. The summed E-state index contributed by atoms with van der Waals surface area (Å²) in [6, 6.07) is 17.3. The highest BCUT2D eigenvalue weighted by molar-refractivity contribution is 5.96. The predicted octanol–water partition coefficient (Wildman–Crippen LogP) is 4.70. The second-order valence-electron chi connectivity index (χ2n) is 7.88. The lowest BCUT2D eigenvalue weighted by Crippen LogP contribution is -2.40. The molecule has 3 rings (SSSR count). The molecule has 0 radical (unpaired) electrons. The smallest absolute Gasteiger partial charge is 0.339 e. The van der Waals surface area contributed by atoms with Gasteiger partial charge in [-0.15, -0.1) is 0 Å². The van der Waals surface area contributed by atoms with E-state index >= 15 is 0 Å². The minimum Gasteiger partial charge on any atom is -0.447 e. The van der Waals surface area contributed by atoms with E-state index < -0.39 is 17.9 Å². The monoisotopic (exact) mass is 406 g/mol. The van der Waals surface area contributed by atoms with Crippen molar-refractivity contribution in [3.63, 3.8) is 0 Å². The van der Waals surface area contributed by atoms with Gasteiger partial charge in [0.15, 0.2) is 6.10 Å². The highest BCUT2D eigenvalue weighted by atomic mass is 19.1. The zero-order valence-corrected chi connectivity index (χ0v) is 17.1. The molecule has 0 aliphatic heterocycles. The summed E-state index contributed by atoms with van der Waals surface area (Å²) < 4.78 is 19.4. The Morgan fingerprint density at radius 2 is 1.67 bits per heavy atom. The molecular weight excluding hydrogens is 383 g/mol. The largest absolute Gasteiger partial charge is 0.447 e. The summed E-state index contributed by atoms with van der Waals surface area (Å²) in [7, 11) is 0. The molecule has 30 heavy (non-hydrogen) atoms. The van der Waals surface area contributed by atoms with Gasteiger partial charge in [0.05, 0.1) is 11.3 Å². The Labute approximate surface area is 174 Å². The topological polar surface area (TPSA) is 68.3 Å². The Kier molecular flexibility index (Phi) is 6.26. The van der Waals surface area contributed by atoms with Gasteiger partial charge in [0.1, 0.15) is 5.82 Å². The molecule has 1 unspecified atom stereocenters. The van der Waals surface area contributed by atoms with E-state index in [-0.39, 0.29) is 17.0 Å². The molecular formula is C24H23FN2O3. The first-order valence-corrected chi connectivity index (χ1v) is 9.53. The number of carbonyl (C=O) groups excluding carboxylic acids is 2. The van der Waals surface area contributed by atoms with Crippen LogP contribution in [-0.4, -0.2) is 22.4 Å². The van der Waals surface area contributed by atoms with Crippen LogP contribution >= 0.6 is 0 Å². The standard InChI is InChI=1S/C24H23FN2O3/c1-24(2,3)27-22(28)16-10-12-17(13-11-16)23(29)30-21(20-9-4-5-14-26-20)18-7-6-8-19(25)15-18/h4-15,21H,1-3H3,(H,27,28). The van der Waals surface area contributed by atoms with Gasteiger partial charge in [0, 0.05) is 22.9 Å². The van der Waals surface area contributed by atoms with Gasteiger partial charge in [-0.2, -0.15) is 0 Å². The van der Waals surface area contributed by atoms with Crippen molar-refractivity contribution >= 4 is 11.9 Å². The van der Waals surface area contributed by atoms with Gasteiger partial charge >= 0.3 is 5.97 Å². The third-order valence-corrected chi connectivity index (χ3v) is 4.20. The van der Waals surface area contributed by atoms with Crippen LogP contribution in [-0.2, 0) is 4.74 Å². The van der Waals surface area contributed by atoms with Gasteiger partial charge in [0.25, 0.3) is 5.91 Å². The Bertz CT molecular complexity index is 1030. The Balaban J connectivity index is 1.82. The highest BCUT2D eigenvalue weighted by Crippen LogP contribution is 2.26. The Morgan fingerprint density at radius 3 is 2.27 bits per heavy atom. The van der Waals surface area contributed by atoms with Gasteiger partial charge in [-0.3, -0.25) is 9.78 Å². The van der Waals surface area contributed by atoms with Crippen LogP contribution in [0.2, 0.25) is 0 Å². The molecule has 154 valence electrons. The number of hydrogen-bond acceptors (Lipinski definition) is 4. The van der Waals surface area contributed by atoms with Gasteiger partial charge in [-0.25, -0.2) is 9.18 Å². The van der Waals surface area contributed by atoms with Crippen molar-refractivity contribution in [2.75, 3.05) is 0 Å². The van der Waals surface area contributed by atoms with Crippen LogP contribution in [0, 0.1) is 5.82 Å². The molecule has 0 saturated heterocycles. The molecule has 1 amide bonds. The van der Waals surface area contributed by atoms with Crippen LogP contribution in [0.5, 0.6) is 0 Å². The van der Waals surface area contributed by atoms with Gasteiger partial charge in [-0.1, -0.05) is 18.2 Å². The quantitative estimate of drug-likeness (QED) is 0.624. The van der Waals surface area contributed by atoms with E-state index in [1.807, 2.05) is 20.8 Å². The predicted molar refractivity (Wildman–Crippen MR) is 112 cm³/mol. The summed E-state index contributed by atoms with van der Waals surface area (Å²) in [6.45, 7) is 5.67. The summed E-state index contributed by atoms with van der Waals surface area (Å²) in [4.78, 5) is 29.3. The van der Waals surface area contributed by atoms with Gasteiger partial charge in [-0.05, 0) is 69.3 Å². The second kappa shape index (κ2) is 8.86. The molecule has 3 aromatic rings. The fraction of sp³-hybridized carbons (Fsp3) is 0.208. The third-order valence-electron chi connectivity index (χ3n) is 4.20. The van der Waals surface area contributed by atoms with Crippen LogP contribution in [0.3, 0.4) is 0 Å². The Hall–Kier alpha value is -3.54. The fourth-order valence-electron chi connectivity index (χ4n) is 2.85. The zero-order chi connectivity index (χ0) is 21.7. The molecule has 0 aliphatic carbocycles. The number of amides is 1. The minimum atomic E-state index is -0.863. The number of nitrogens with one attached hydrogen (secondary N) is 1. The molecule has 5 nitrogen and oxygen atoms in total. The maximum absolute atomic E-state index is 13.7. The van der Waals surface area contributed by atoms with E-state index in [1.165, 1.54) is 24.3 Å². The molecule has 6 heteroatoms. The van der Waals surface area contributed by atoms with Gasteiger partial charge < -0.3 is 10.1 Å². The van der Waals surface area contributed by atoms with Crippen molar-refractivity contribution in [1.29, 1.82) is 0 Å². The van der Waals surface area contributed by atoms with E-state index in [1.54, 1.807) is 48.7 Å². The van der Waals surface area contributed by atoms with Gasteiger partial charge in [0.2, 0.25) is 0 Å². The first kappa shape index (κ1) is 21.2. The summed E-state index contributed by atoms with van der Waals surface area (Å²) in [5, 5.41) is 2.87. The lowest BCUT2D eigenvalue weighted by atomic mass is 10.0. The summed E-state index contributed by atoms with van der Waals surface area (Å²) in [5.41, 5.74) is 1.31. The molecule has 0 bridgehead atoms. The van der Waals surface area contributed by atoms with Crippen molar-refractivity contribution in [2.45, 2.75) is 32.4 Å². The van der Waals surface area contributed by atoms with E-state index in [4.69, 9.17) is 4.74 Å². The molecule has 0 spiro atoms. The normalized spacial score (nSPS) is 12.1. The number of carbonyl (C=O) groups is 2. The number of esters is 1. The molecule has 1 atom stereocenters. The van der Waals surface area contributed by atoms with Crippen LogP contribution < -0.4 is 5.32 Å². The molecule has 2 aromatic carbocycles. The summed E-state index contributed by atoms with van der Waals surface area (Å²) >= 11 is 0. The first-order valence-electron chi connectivity index (χ1n) is 9.53. The average molecular weight is 406 g/mol. The van der Waals surface area contributed by atoms with Crippen LogP contribution in [0.4, 0.5) is 4.39 Å². The van der Waals surface area contributed by atoms with Crippen LogP contribution in [0.15, 0.2) is 72.9 Å². The molecule has 1 aromatic heterocycles. The zero-order valence-electron chi connectivity index (χ0n) is 17.1. The van der Waals surface area contributed by atoms with E-state index in [0.717, 1.165) is 0 Å². The van der Waals surface area contributed by atoms with Crippen molar-refractivity contribution in [1.82, 2.24) is 10.3 Å². The van der Waals surface area contributed by atoms with E-state index in [2.05, 4.69) is 10.3 Å². The van der Waals surface area contributed by atoms with Crippen molar-refractivity contribution in [2.24, 2.45) is 0 Å². The van der Waals surface area contributed by atoms with Crippen molar-refractivity contribution in [3.05, 3.63) is 101 Å². The number of hydrogen-bond donors (Lipinski definition) is 1. The Morgan fingerprint density at radius 1 is 0.967 bits per heavy atom. The van der Waals surface area contributed by atoms with E-state index in [0.29, 0.717) is 16.8 Å².